The Bertz CT molecular complexity index is 866. The van der Waals surface area contributed by atoms with Gasteiger partial charge in [-0.1, -0.05) is 0 Å². The van der Waals surface area contributed by atoms with E-state index in [9.17, 15) is 31.9 Å². The maximum absolute atomic E-state index is 14.8. The van der Waals surface area contributed by atoms with Gasteiger partial charge in [0.15, 0.2) is 11.6 Å². The van der Waals surface area contributed by atoms with Crippen LogP contribution in [0.1, 0.15) is 0 Å². The number of alkyl halides is 2. The van der Waals surface area contributed by atoms with E-state index < -0.39 is 42.1 Å². The second-order valence-corrected chi connectivity index (χ2v) is 6.94. The molecule has 2 fully saturated rings. The highest BCUT2D eigenvalue weighted by Gasteiger charge is 2.34. The fourth-order valence-electron chi connectivity index (χ4n) is 3.31. The van der Waals surface area contributed by atoms with Crippen LogP contribution in [0, 0.1) is 11.6 Å². The number of hydrogen-bond donors (Lipinski definition) is 2. The Morgan fingerprint density at radius 3 is 2.50 bits per heavy atom. The number of halogens is 4. The third kappa shape index (κ3) is 5.19. The van der Waals surface area contributed by atoms with Crippen LogP contribution in [-0.2, 0) is 19.2 Å². The van der Waals surface area contributed by atoms with Gasteiger partial charge < -0.3 is 20.7 Å². The van der Waals surface area contributed by atoms with Crippen LogP contribution in [-0.4, -0.2) is 81.4 Å². The van der Waals surface area contributed by atoms with E-state index in [-0.39, 0.29) is 57.3 Å². The Hall–Kier alpha value is -3.13. The monoisotopic (exact) mass is 463 g/mol. The summed E-state index contributed by atoms with van der Waals surface area (Å²) in [5, 5.41) is 2.96. The number of ether oxygens (including phenoxy) is 1. The zero-order chi connectivity index (χ0) is 23.4. The number of nitrogens with one attached hydrogen (secondary N) is 1. The van der Waals surface area contributed by atoms with E-state index in [0.29, 0.717) is 0 Å². The molecule has 0 aromatic heterocycles. The molecule has 2 aliphatic heterocycles. The van der Waals surface area contributed by atoms with Crippen LogP contribution in [0.25, 0.3) is 0 Å². The van der Waals surface area contributed by atoms with Gasteiger partial charge in [-0.15, -0.1) is 0 Å². The summed E-state index contributed by atoms with van der Waals surface area (Å²) in [7, 11) is 0. The molecule has 10 nitrogen and oxygen atoms in total. The number of hydrogen-bond acceptors (Lipinski definition) is 7. The van der Waals surface area contributed by atoms with Gasteiger partial charge in [0.1, 0.15) is 11.8 Å². The molecule has 2 saturated heterocycles. The van der Waals surface area contributed by atoms with Crippen molar-refractivity contribution in [2.45, 2.75) is 12.5 Å². The van der Waals surface area contributed by atoms with E-state index in [1.807, 2.05) is 5.32 Å². The van der Waals surface area contributed by atoms with Crippen LogP contribution in [0.3, 0.4) is 0 Å². The van der Waals surface area contributed by atoms with Crippen molar-refractivity contribution in [3.63, 3.8) is 0 Å². The van der Waals surface area contributed by atoms with Crippen molar-refractivity contribution in [3.8, 4) is 0 Å². The topological polar surface area (TPSA) is 117 Å². The van der Waals surface area contributed by atoms with Gasteiger partial charge in [0.2, 0.25) is 0 Å². The van der Waals surface area contributed by atoms with E-state index in [1.165, 1.54) is 4.90 Å². The lowest BCUT2D eigenvalue weighted by molar-refractivity contribution is -0.180. The molecule has 3 amide bonds. The predicted octanol–water partition coefficient (Wildman–Crippen LogP) is 0.210. The second kappa shape index (κ2) is 9.99. The van der Waals surface area contributed by atoms with E-state index >= 15 is 0 Å². The molecule has 32 heavy (non-hydrogen) atoms. The minimum atomic E-state index is -3.22. The van der Waals surface area contributed by atoms with Crippen molar-refractivity contribution in [1.82, 2.24) is 10.4 Å². The van der Waals surface area contributed by atoms with E-state index in [4.69, 9.17) is 15.3 Å². The normalized spacial score (nSPS) is 19.2. The largest absolute Gasteiger partial charge is 0.442 e. The number of rotatable bonds is 6. The summed E-state index contributed by atoms with van der Waals surface area (Å²) in [6.07, 6.45) is -5.12. The zero-order valence-corrected chi connectivity index (χ0v) is 16.7. The molecular weight excluding hydrogens is 442 g/mol. The number of benzene rings is 1. The molecule has 1 unspecified atom stereocenters. The minimum Gasteiger partial charge on any atom is -0.442 e. The maximum Gasteiger partial charge on any atom is 0.414 e. The molecule has 1 aromatic carbocycles. The Labute approximate surface area is 179 Å². The molecule has 2 heterocycles. The van der Waals surface area contributed by atoms with Crippen molar-refractivity contribution in [2.24, 2.45) is 5.73 Å². The molecule has 0 aliphatic carbocycles. The average Bonchev–Trinajstić information content (AvgIpc) is 2.95. The first-order chi connectivity index (χ1) is 15.2. The third-order valence-electron chi connectivity index (χ3n) is 4.84. The van der Waals surface area contributed by atoms with Gasteiger partial charge in [-0.3, -0.25) is 19.3 Å². The van der Waals surface area contributed by atoms with Crippen molar-refractivity contribution < 1.29 is 41.5 Å². The molecular formula is C18H21F4N5O5. The molecule has 2 aliphatic rings. The Kier molecular flexibility index (Phi) is 7.35. The average molecular weight is 463 g/mol. The number of amides is 3. The summed E-state index contributed by atoms with van der Waals surface area (Å²) in [6.45, 7) is -0.627. The second-order valence-electron chi connectivity index (χ2n) is 6.94. The van der Waals surface area contributed by atoms with Crippen LogP contribution in [0.15, 0.2) is 12.1 Å². The molecule has 0 saturated carbocycles. The van der Waals surface area contributed by atoms with E-state index in [2.05, 4.69) is 0 Å². The zero-order valence-electron chi connectivity index (χ0n) is 16.7. The molecule has 0 radical (unpaired) electrons. The smallest absolute Gasteiger partial charge is 0.414 e. The van der Waals surface area contributed by atoms with Crippen molar-refractivity contribution >= 4 is 29.3 Å². The highest BCUT2D eigenvalue weighted by molar-refractivity contribution is 5.90. The quantitative estimate of drug-likeness (QED) is 0.580. The molecule has 0 bridgehead atoms. The summed E-state index contributed by atoms with van der Waals surface area (Å²) in [4.78, 5) is 42.2. The number of anilines is 2. The van der Waals surface area contributed by atoms with Gasteiger partial charge in [-0.25, -0.2) is 18.6 Å². The highest BCUT2D eigenvalue weighted by atomic mass is 19.3. The summed E-state index contributed by atoms with van der Waals surface area (Å²) < 4.78 is 59.1. The summed E-state index contributed by atoms with van der Waals surface area (Å²) in [5.41, 5.74) is 4.80. The van der Waals surface area contributed by atoms with Crippen LogP contribution < -0.4 is 20.9 Å². The minimum absolute atomic E-state index is 0.00314. The van der Waals surface area contributed by atoms with Gasteiger partial charge in [0.25, 0.3) is 11.8 Å². The Morgan fingerprint density at radius 2 is 1.88 bits per heavy atom. The number of hydroxylamine groups is 2. The lowest BCUT2D eigenvalue weighted by Gasteiger charge is -2.24. The molecule has 1 atom stereocenters. The maximum atomic E-state index is 14.8. The number of carbonyl (C=O) groups is 3. The van der Waals surface area contributed by atoms with Gasteiger partial charge in [0.05, 0.1) is 38.5 Å². The third-order valence-corrected chi connectivity index (χ3v) is 4.84. The fourth-order valence-corrected chi connectivity index (χ4v) is 3.31. The lowest BCUT2D eigenvalue weighted by Crippen LogP contribution is -2.38. The van der Waals surface area contributed by atoms with Gasteiger partial charge in [-0.05, 0) is 0 Å². The first-order valence-corrected chi connectivity index (χ1v) is 9.62. The van der Waals surface area contributed by atoms with Gasteiger partial charge in [0, 0.05) is 25.2 Å². The molecule has 1 aromatic rings. The van der Waals surface area contributed by atoms with Gasteiger partial charge >= 0.3 is 12.5 Å². The van der Waals surface area contributed by atoms with Crippen LogP contribution in [0.5, 0.6) is 0 Å². The summed E-state index contributed by atoms with van der Waals surface area (Å²) >= 11 is 0. The number of nitrogens with two attached hydrogens (primary N) is 1. The summed E-state index contributed by atoms with van der Waals surface area (Å²) in [5.74, 6) is -3.90. The predicted molar refractivity (Wildman–Crippen MR) is 102 cm³/mol. The van der Waals surface area contributed by atoms with E-state index in [1.54, 1.807) is 0 Å². The van der Waals surface area contributed by atoms with Crippen LogP contribution >= 0.6 is 0 Å². The molecule has 3 rings (SSSR count). The molecule has 3 N–H and O–H groups in total. The first kappa shape index (κ1) is 23.5. The molecule has 176 valence electrons. The number of carbonyl (C=O) groups excluding carboxylic acids is 3. The standard InChI is InChI=1S/C18H21F4N5O5/c19-12-5-10(26-9-11(32-18(26)30)8-24-17(29)16(21)22)6-13(20)15(12)25-1-2-27(14(28)7-23)31-4-3-25/h5-6,11,16H,1-4,7-9,23H2,(H,24,29). The van der Waals surface area contributed by atoms with Crippen molar-refractivity contribution in [2.75, 3.05) is 55.7 Å². The highest BCUT2D eigenvalue weighted by Crippen LogP contribution is 2.31. The molecule has 0 spiro atoms. The molecule has 14 heteroatoms. The van der Waals surface area contributed by atoms with E-state index in [0.717, 1.165) is 22.1 Å². The number of cyclic esters (lactones) is 1. The van der Waals surface area contributed by atoms with Crippen LogP contribution in [0.4, 0.5) is 33.7 Å². The fraction of sp³-hybridized carbons (Fsp3) is 0.500. The lowest BCUT2D eigenvalue weighted by atomic mass is 10.2. The van der Waals surface area contributed by atoms with Gasteiger partial charge in [-0.2, -0.15) is 8.78 Å². The van der Waals surface area contributed by atoms with Crippen molar-refractivity contribution in [1.29, 1.82) is 0 Å². The Morgan fingerprint density at radius 1 is 1.19 bits per heavy atom. The summed E-state index contributed by atoms with van der Waals surface area (Å²) in [6, 6.07) is 1.88. The van der Waals surface area contributed by atoms with Crippen molar-refractivity contribution in [3.05, 3.63) is 23.8 Å². The number of nitrogens with zero attached hydrogens (tertiary/aromatic N) is 3. The Balaban J connectivity index is 1.70. The van der Waals surface area contributed by atoms with Crippen LogP contribution in [0.2, 0.25) is 0 Å². The first-order valence-electron chi connectivity index (χ1n) is 9.62. The SMILES string of the molecule is NCC(=O)N1CCN(c2c(F)cc(N3CC(CNC(=O)C(F)F)OC3=O)cc2F)CCO1.